The van der Waals surface area contributed by atoms with Crippen molar-refractivity contribution < 1.29 is 18.7 Å². The number of halogens is 1. The van der Waals surface area contributed by atoms with E-state index in [1.165, 1.54) is 19.2 Å². The molecule has 1 N–H and O–H groups in total. The summed E-state index contributed by atoms with van der Waals surface area (Å²) in [4.78, 5) is 23.5. The van der Waals surface area contributed by atoms with Crippen LogP contribution in [0.25, 0.3) is 0 Å². The van der Waals surface area contributed by atoms with Crippen LogP contribution >= 0.6 is 0 Å². The van der Waals surface area contributed by atoms with Crippen LogP contribution in [-0.2, 0) is 20.7 Å². The molecule has 0 saturated heterocycles. The molecule has 1 aliphatic carbocycles. The molecule has 1 fully saturated rings. The summed E-state index contributed by atoms with van der Waals surface area (Å²) < 4.78 is 17.5. The number of rotatable bonds is 6. The quantitative estimate of drug-likeness (QED) is 0.808. The van der Waals surface area contributed by atoms with Gasteiger partial charge in [0.15, 0.2) is 0 Å². The summed E-state index contributed by atoms with van der Waals surface area (Å²) in [7, 11) is 1.31. The van der Waals surface area contributed by atoms with Crippen molar-refractivity contribution in [3.8, 4) is 0 Å². The van der Waals surface area contributed by atoms with Crippen LogP contribution in [0.5, 0.6) is 0 Å². The number of methoxy groups -OCH3 is 1. The predicted molar refractivity (Wildman–Crippen MR) is 71.4 cm³/mol. The van der Waals surface area contributed by atoms with Gasteiger partial charge in [-0.2, -0.15) is 0 Å². The minimum Gasteiger partial charge on any atom is -0.467 e. The van der Waals surface area contributed by atoms with Crippen molar-refractivity contribution in [3.63, 3.8) is 0 Å². The average Bonchev–Trinajstić information content (AvgIpc) is 3.23. The Morgan fingerprint density at radius 1 is 1.35 bits per heavy atom. The van der Waals surface area contributed by atoms with E-state index in [4.69, 9.17) is 4.74 Å². The first-order valence-electron chi connectivity index (χ1n) is 6.70. The van der Waals surface area contributed by atoms with Crippen LogP contribution < -0.4 is 5.32 Å². The van der Waals surface area contributed by atoms with Crippen molar-refractivity contribution >= 4 is 11.9 Å². The summed E-state index contributed by atoms with van der Waals surface area (Å²) in [5.74, 6) is -0.502. The number of nitrogens with one attached hydrogen (secondary N) is 1. The maximum Gasteiger partial charge on any atom is 0.328 e. The van der Waals surface area contributed by atoms with Gasteiger partial charge in [0, 0.05) is 0 Å². The van der Waals surface area contributed by atoms with Gasteiger partial charge < -0.3 is 10.1 Å². The molecule has 0 spiro atoms. The van der Waals surface area contributed by atoms with E-state index in [1.54, 1.807) is 12.1 Å². The standard InChI is InChI=1S/C15H18FNO3/c1-20-15(19)13(8-10-2-3-10)17-14(18)9-11-4-6-12(16)7-5-11/h4-7,10,13H,2-3,8-9H2,1H3,(H,17,18)/t13-/m1/s1. The summed E-state index contributed by atoms with van der Waals surface area (Å²) in [6, 6.07) is 5.15. The fourth-order valence-electron chi connectivity index (χ4n) is 2.08. The molecular formula is C15H18FNO3. The highest BCUT2D eigenvalue weighted by molar-refractivity contribution is 5.85. The number of hydrogen-bond donors (Lipinski definition) is 1. The molecule has 4 nitrogen and oxygen atoms in total. The number of benzene rings is 1. The Bertz CT molecular complexity index is 482. The fourth-order valence-corrected chi connectivity index (χ4v) is 2.08. The van der Waals surface area contributed by atoms with Crippen LogP contribution in [0.3, 0.4) is 0 Å². The van der Waals surface area contributed by atoms with Crippen LogP contribution in [0.2, 0.25) is 0 Å². The smallest absolute Gasteiger partial charge is 0.328 e. The summed E-state index contributed by atoms with van der Waals surface area (Å²) in [6.07, 6.45) is 2.95. The molecule has 0 aliphatic heterocycles. The lowest BCUT2D eigenvalue weighted by Gasteiger charge is -2.16. The van der Waals surface area contributed by atoms with Crippen molar-refractivity contribution in [1.29, 1.82) is 0 Å². The summed E-state index contributed by atoms with van der Waals surface area (Å²) >= 11 is 0. The first-order valence-corrected chi connectivity index (χ1v) is 6.70. The largest absolute Gasteiger partial charge is 0.467 e. The highest BCUT2D eigenvalue weighted by Crippen LogP contribution is 2.33. The molecule has 1 aliphatic rings. The zero-order chi connectivity index (χ0) is 14.5. The van der Waals surface area contributed by atoms with E-state index < -0.39 is 12.0 Å². The molecule has 1 saturated carbocycles. The normalized spacial score (nSPS) is 15.5. The van der Waals surface area contributed by atoms with Gasteiger partial charge in [-0.25, -0.2) is 9.18 Å². The number of hydrogen-bond acceptors (Lipinski definition) is 3. The lowest BCUT2D eigenvalue weighted by molar-refractivity contribution is -0.145. The Morgan fingerprint density at radius 2 is 2.00 bits per heavy atom. The van der Waals surface area contributed by atoms with E-state index in [-0.39, 0.29) is 18.1 Å². The predicted octanol–water partition coefficient (Wildman–Crippen LogP) is 1.83. The van der Waals surface area contributed by atoms with Crippen LogP contribution in [0.15, 0.2) is 24.3 Å². The van der Waals surface area contributed by atoms with Crippen molar-refractivity contribution in [3.05, 3.63) is 35.6 Å². The average molecular weight is 279 g/mol. The number of esters is 1. The highest BCUT2D eigenvalue weighted by Gasteiger charge is 2.30. The molecular weight excluding hydrogens is 261 g/mol. The molecule has 0 unspecified atom stereocenters. The molecule has 1 amide bonds. The maximum absolute atomic E-state index is 12.8. The Morgan fingerprint density at radius 3 is 2.55 bits per heavy atom. The van der Waals surface area contributed by atoms with Gasteiger partial charge in [-0.05, 0) is 30.0 Å². The topological polar surface area (TPSA) is 55.4 Å². The molecule has 0 heterocycles. The van der Waals surface area contributed by atoms with Gasteiger partial charge in [-0.1, -0.05) is 25.0 Å². The van der Waals surface area contributed by atoms with Crippen LogP contribution in [0.4, 0.5) is 4.39 Å². The maximum atomic E-state index is 12.8. The zero-order valence-electron chi connectivity index (χ0n) is 11.4. The zero-order valence-corrected chi connectivity index (χ0v) is 11.4. The van der Waals surface area contributed by atoms with E-state index in [0.717, 1.165) is 12.8 Å². The molecule has 1 aromatic rings. The Hall–Kier alpha value is -1.91. The first kappa shape index (κ1) is 14.5. The molecule has 0 aromatic heterocycles. The number of carbonyl (C=O) groups is 2. The van der Waals surface area contributed by atoms with Gasteiger partial charge in [0.1, 0.15) is 11.9 Å². The van der Waals surface area contributed by atoms with Gasteiger partial charge in [-0.3, -0.25) is 4.79 Å². The second kappa shape index (κ2) is 6.50. The van der Waals surface area contributed by atoms with E-state index in [2.05, 4.69) is 5.32 Å². The van der Waals surface area contributed by atoms with E-state index in [1.807, 2.05) is 0 Å². The first-order chi connectivity index (χ1) is 9.58. The van der Waals surface area contributed by atoms with Crippen molar-refractivity contribution in [2.24, 2.45) is 5.92 Å². The second-order valence-corrected chi connectivity index (χ2v) is 5.13. The van der Waals surface area contributed by atoms with Crippen molar-refractivity contribution in [1.82, 2.24) is 5.32 Å². The summed E-state index contributed by atoms with van der Waals surface area (Å²) in [6.45, 7) is 0. The number of amides is 1. The Kier molecular flexibility index (Phi) is 4.71. The number of carbonyl (C=O) groups excluding carboxylic acids is 2. The van der Waals surface area contributed by atoms with Crippen LogP contribution in [-0.4, -0.2) is 25.0 Å². The summed E-state index contributed by atoms with van der Waals surface area (Å²) in [5.41, 5.74) is 0.707. The molecule has 108 valence electrons. The van der Waals surface area contributed by atoms with Crippen LogP contribution in [0, 0.1) is 11.7 Å². The monoisotopic (exact) mass is 279 g/mol. The molecule has 2 rings (SSSR count). The van der Waals surface area contributed by atoms with E-state index in [9.17, 15) is 14.0 Å². The van der Waals surface area contributed by atoms with E-state index in [0.29, 0.717) is 17.9 Å². The molecule has 5 heteroatoms. The van der Waals surface area contributed by atoms with E-state index >= 15 is 0 Å². The van der Waals surface area contributed by atoms with Gasteiger partial charge in [0.25, 0.3) is 0 Å². The Balaban J connectivity index is 1.89. The third kappa shape index (κ3) is 4.33. The SMILES string of the molecule is COC(=O)[C@@H](CC1CC1)NC(=O)Cc1ccc(F)cc1. The van der Waals surface area contributed by atoms with Gasteiger partial charge in [-0.15, -0.1) is 0 Å². The molecule has 1 atom stereocenters. The Labute approximate surface area is 117 Å². The summed E-state index contributed by atoms with van der Waals surface area (Å²) in [5, 5.41) is 2.69. The van der Waals surface area contributed by atoms with Crippen molar-refractivity contribution in [2.45, 2.75) is 31.7 Å². The van der Waals surface area contributed by atoms with Gasteiger partial charge >= 0.3 is 5.97 Å². The lowest BCUT2D eigenvalue weighted by Crippen LogP contribution is -2.42. The highest BCUT2D eigenvalue weighted by atomic mass is 19.1. The second-order valence-electron chi connectivity index (χ2n) is 5.13. The molecule has 20 heavy (non-hydrogen) atoms. The lowest BCUT2D eigenvalue weighted by atomic mass is 10.1. The number of ether oxygens (including phenoxy) is 1. The van der Waals surface area contributed by atoms with Gasteiger partial charge in [0.2, 0.25) is 5.91 Å². The van der Waals surface area contributed by atoms with Crippen LogP contribution in [0.1, 0.15) is 24.8 Å². The third-order valence-electron chi connectivity index (χ3n) is 3.36. The van der Waals surface area contributed by atoms with Crippen molar-refractivity contribution in [2.75, 3.05) is 7.11 Å². The molecule has 1 aromatic carbocycles. The molecule has 0 radical (unpaired) electrons. The minimum atomic E-state index is -0.583. The minimum absolute atomic E-state index is 0.123. The third-order valence-corrected chi connectivity index (χ3v) is 3.36. The molecule has 0 bridgehead atoms. The van der Waals surface area contributed by atoms with Gasteiger partial charge in [0.05, 0.1) is 13.5 Å². The fraction of sp³-hybridized carbons (Fsp3) is 0.467.